The smallest absolute Gasteiger partial charge is 0.231 e. The maximum absolute atomic E-state index is 12.9. The fourth-order valence-corrected chi connectivity index (χ4v) is 3.85. The monoisotopic (exact) mass is 378 g/mol. The van der Waals surface area contributed by atoms with Crippen molar-refractivity contribution in [2.24, 2.45) is 5.92 Å². The zero-order valence-corrected chi connectivity index (χ0v) is 16.9. The number of aryl methyl sites for hydroxylation is 4. The molecule has 1 saturated heterocycles. The van der Waals surface area contributed by atoms with Gasteiger partial charge in [-0.1, -0.05) is 6.07 Å². The number of hydrogen-bond donors (Lipinski definition) is 1. The number of aromatic nitrogens is 2. The van der Waals surface area contributed by atoms with Crippen LogP contribution in [0.3, 0.4) is 0 Å². The second-order valence-corrected chi connectivity index (χ2v) is 7.73. The first-order valence-corrected chi connectivity index (χ1v) is 9.78. The van der Waals surface area contributed by atoms with Crippen molar-refractivity contribution in [3.8, 4) is 0 Å². The van der Waals surface area contributed by atoms with E-state index in [0.717, 1.165) is 47.6 Å². The summed E-state index contributed by atoms with van der Waals surface area (Å²) in [5.41, 5.74) is 4.93. The Balaban J connectivity index is 1.55. The zero-order chi connectivity index (χ0) is 19.8. The summed E-state index contributed by atoms with van der Waals surface area (Å²) in [6.07, 6.45) is 3.37. The highest BCUT2D eigenvalue weighted by atomic mass is 16.3. The quantitative estimate of drug-likeness (QED) is 0.735. The summed E-state index contributed by atoms with van der Waals surface area (Å²) in [6.45, 7) is 9.62. The molecule has 6 nitrogen and oxygen atoms in total. The van der Waals surface area contributed by atoms with Gasteiger partial charge >= 0.3 is 0 Å². The first kappa shape index (κ1) is 18.5. The number of benzene rings is 1. The van der Waals surface area contributed by atoms with E-state index in [1.165, 1.54) is 11.1 Å². The molecule has 0 aliphatic carbocycles. The molecule has 3 aromatic rings. The number of amides is 1. The Morgan fingerprint density at radius 2 is 2.00 bits per heavy atom. The van der Waals surface area contributed by atoms with Gasteiger partial charge in [-0.3, -0.25) is 4.79 Å². The van der Waals surface area contributed by atoms with Crippen molar-refractivity contribution in [1.29, 1.82) is 0 Å². The Bertz CT molecular complexity index is 1040. The van der Waals surface area contributed by atoms with Gasteiger partial charge in [0.1, 0.15) is 17.9 Å². The molecule has 28 heavy (non-hydrogen) atoms. The van der Waals surface area contributed by atoms with Crippen molar-refractivity contribution >= 4 is 28.5 Å². The van der Waals surface area contributed by atoms with Gasteiger partial charge in [0, 0.05) is 24.3 Å². The van der Waals surface area contributed by atoms with Gasteiger partial charge in [0.05, 0.1) is 11.3 Å². The number of piperidine rings is 1. The fourth-order valence-electron chi connectivity index (χ4n) is 3.85. The molecule has 1 N–H and O–H groups in total. The number of hydrogen-bond acceptors (Lipinski definition) is 5. The molecule has 2 aromatic heterocycles. The second-order valence-electron chi connectivity index (χ2n) is 7.73. The molecule has 1 aliphatic heterocycles. The molecule has 0 saturated carbocycles. The normalized spacial score (nSPS) is 17.1. The number of fused-ring (bicyclic) bond motifs is 1. The van der Waals surface area contributed by atoms with Crippen LogP contribution in [0.4, 0.5) is 11.5 Å². The molecule has 146 valence electrons. The lowest BCUT2D eigenvalue weighted by Crippen LogP contribution is -2.41. The number of anilines is 2. The lowest BCUT2D eigenvalue weighted by Gasteiger charge is -2.33. The van der Waals surface area contributed by atoms with Crippen LogP contribution in [0, 0.1) is 33.6 Å². The SMILES string of the molecule is Cc1ccc(NC(=O)C2CCCN(c3ncnc4oc(C)c(C)c34)C2)cc1C. The van der Waals surface area contributed by atoms with Gasteiger partial charge in [-0.2, -0.15) is 0 Å². The molecule has 0 spiro atoms. The highest BCUT2D eigenvalue weighted by molar-refractivity contribution is 5.94. The van der Waals surface area contributed by atoms with Gasteiger partial charge < -0.3 is 14.6 Å². The van der Waals surface area contributed by atoms with E-state index in [2.05, 4.69) is 34.0 Å². The van der Waals surface area contributed by atoms with Gasteiger partial charge in [-0.15, -0.1) is 0 Å². The van der Waals surface area contributed by atoms with Gasteiger partial charge in [0.15, 0.2) is 0 Å². The molecule has 1 atom stereocenters. The van der Waals surface area contributed by atoms with Gasteiger partial charge in [0.25, 0.3) is 0 Å². The Hall–Kier alpha value is -2.89. The maximum Gasteiger partial charge on any atom is 0.231 e. The van der Waals surface area contributed by atoms with Crippen molar-refractivity contribution < 1.29 is 9.21 Å². The highest BCUT2D eigenvalue weighted by Gasteiger charge is 2.28. The predicted molar refractivity (Wildman–Crippen MR) is 111 cm³/mol. The molecule has 1 amide bonds. The van der Waals surface area contributed by atoms with Crippen molar-refractivity contribution in [2.45, 2.75) is 40.5 Å². The molecular formula is C22H26N4O2. The number of nitrogens with zero attached hydrogens (tertiary/aromatic N) is 3. The van der Waals surface area contributed by atoms with Crippen molar-refractivity contribution in [3.63, 3.8) is 0 Å². The molecule has 1 unspecified atom stereocenters. The van der Waals surface area contributed by atoms with Crippen LogP contribution in [-0.4, -0.2) is 29.0 Å². The average molecular weight is 378 g/mol. The summed E-state index contributed by atoms with van der Waals surface area (Å²) >= 11 is 0. The van der Waals surface area contributed by atoms with Crippen LogP contribution in [0.25, 0.3) is 11.1 Å². The van der Waals surface area contributed by atoms with Crippen LogP contribution in [0.1, 0.15) is 35.3 Å². The summed E-state index contributed by atoms with van der Waals surface area (Å²) in [6, 6.07) is 6.03. The lowest BCUT2D eigenvalue weighted by atomic mass is 9.96. The highest BCUT2D eigenvalue weighted by Crippen LogP contribution is 2.32. The third kappa shape index (κ3) is 3.35. The van der Waals surface area contributed by atoms with Gasteiger partial charge in [-0.05, 0) is 63.8 Å². The number of nitrogens with one attached hydrogen (secondary N) is 1. The number of carbonyl (C=O) groups is 1. The summed E-state index contributed by atoms with van der Waals surface area (Å²) in [7, 11) is 0. The van der Waals surface area contributed by atoms with E-state index in [4.69, 9.17) is 4.42 Å². The van der Waals surface area contributed by atoms with E-state index in [1.807, 2.05) is 32.0 Å². The molecular weight excluding hydrogens is 352 g/mol. The van der Waals surface area contributed by atoms with E-state index in [1.54, 1.807) is 6.33 Å². The fraction of sp³-hybridized carbons (Fsp3) is 0.409. The minimum atomic E-state index is -0.0753. The Labute approximate surface area is 165 Å². The molecule has 3 heterocycles. The topological polar surface area (TPSA) is 71.3 Å². The predicted octanol–water partition coefficient (Wildman–Crippen LogP) is 4.31. The summed E-state index contributed by atoms with van der Waals surface area (Å²) in [5.74, 6) is 1.72. The first-order chi connectivity index (χ1) is 13.4. The van der Waals surface area contributed by atoms with E-state index in [-0.39, 0.29) is 11.8 Å². The van der Waals surface area contributed by atoms with Crippen LogP contribution >= 0.6 is 0 Å². The molecule has 4 rings (SSSR count). The number of furan rings is 1. The Kier molecular flexibility index (Phi) is 4.79. The standard InChI is InChI=1S/C22H26N4O2/c1-13-7-8-18(10-14(13)2)25-21(27)17-6-5-9-26(11-17)20-19-15(3)16(4)28-22(19)24-12-23-20/h7-8,10,12,17H,5-6,9,11H2,1-4H3,(H,25,27). The molecule has 0 bridgehead atoms. The molecule has 1 aliphatic rings. The van der Waals surface area contributed by atoms with Crippen LogP contribution in [0.2, 0.25) is 0 Å². The molecule has 0 radical (unpaired) electrons. The third-order valence-electron chi connectivity index (χ3n) is 5.81. The van der Waals surface area contributed by atoms with Crippen LogP contribution < -0.4 is 10.2 Å². The van der Waals surface area contributed by atoms with Gasteiger partial charge in [0.2, 0.25) is 11.6 Å². The summed E-state index contributed by atoms with van der Waals surface area (Å²) in [5, 5.41) is 4.04. The number of rotatable bonds is 3. The van der Waals surface area contributed by atoms with E-state index >= 15 is 0 Å². The van der Waals surface area contributed by atoms with E-state index in [9.17, 15) is 4.79 Å². The minimum absolute atomic E-state index is 0.0679. The molecule has 6 heteroatoms. The van der Waals surface area contributed by atoms with Crippen molar-refractivity contribution in [2.75, 3.05) is 23.3 Å². The first-order valence-electron chi connectivity index (χ1n) is 9.78. The van der Waals surface area contributed by atoms with Crippen LogP contribution in [0.15, 0.2) is 28.9 Å². The summed E-state index contributed by atoms with van der Waals surface area (Å²) < 4.78 is 5.75. The van der Waals surface area contributed by atoms with Crippen molar-refractivity contribution in [1.82, 2.24) is 9.97 Å². The van der Waals surface area contributed by atoms with E-state index in [0.29, 0.717) is 12.3 Å². The lowest BCUT2D eigenvalue weighted by molar-refractivity contribution is -0.120. The third-order valence-corrected chi connectivity index (χ3v) is 5.81. The minimum Gasteiger partial charge on any atom is -0.443 e. The van der Waals surface area contributed by atoms with Crippen LogP contribution in [0.5, 0.6) is 0 Å². The average Bonchev–Trinajstić information content (AvgIpc) is 2.99. The second kappa shape index (κ2) is 7.26. The Morgan fingerprint density at radius 1 is 1.18 bits per heavy atom. The van der Waals surface area contributed by atoms with Crippen molar-refractivity contribution in [3.05, 3.63) is 47.0 Å². The molecule has 1 fully saturated rings. The Morgan fingerprint density at radius 3 is 2.79 bits per heavy atom. The van der Waals surface area contributed by atoms with Crippen LogP contribution in [-0.2, 0) is 4.79 Å². The summed E-state index contributed by atoms with van der Waals surface area (Å²) in [4.78, 5) is 23.9. The number of carbonyl (C=O) groups excluding carboxylic acids is 1. The van der Waals surface area contributed by atoms with Gasteiger partial charge in [-0.25, -0.2) is 9.97 Å². The largest absolute Gasteiger partial charge is 0.443 e. The van der Waals surface area contributed by atoms with E-state index < -0.39 is 0 Å². The molecule has 1 aromatic carbocycles. The maximum atomic E-state index is 12.9. The zero-order valence-electron chi connectivity index (χ0n) is 16.9.